The SMILES string of the molecule is O=C(O)c1ccn(C(=O)N2CCC3(CCN(Cc4cc(Cl)ccc4N4CCCC4)C3)CC2)n1. The Labute approximate surface area is 198 Å². The first kappa shape index (κ1) is 22.2. The van der Waals surface area contributed by atoms with Crippen molar-refractivity contribution in [1.82, 2.24) is 19.6 Å². The highest BCUT2D eigenvalue weighted by molar-refractivity contribution is 6.30. The van der Waals surface area contributed by atoms with Crippen LogP contribution in [0.3, 0.4) is 0 Å². The van der Waals surface area contributed by atoms with Crippen molar-refractivity contribution in [3.05, 3.63) is 46.7 Å². The second-order valence-electron chi connectivity index (χ2n) is 9.65. The molecule has 9 heteroatoms. The molecule has 4 heterocycles. The molecule has 3 aliphatic rings. The van der Waals surface area contributed by atoms with E-state index in [1.54, 1.807) is 4.90 Å². The molecule has 0 saturated carbocycles. The van der Waals surface area contributed by atoms with Gasteiger partial charge >= 0.3 is 12.0 Å². The average Bonchev–Trinajstić information content (AvgIpc) is 3.56. The minimum absolute atomic E-state index is 0.113. The van der Waals surface area contributed by atoms with E-state index in [0.717, 1.165) is 61.7 Å². The normalized spacial score (nSPS) is 20.6. The van der Waals surface area contributed by atoms with Gasteiger partial charge in [0.2, 0.25) is 0 Å². The van der Waals surface area contributed by atoms with Crippen LogP contribution >= 0.6 is 11.6 Å². The molecule has 0 bridgehead atoms. The van der Waals surface area contributed by atoms with E-state index < -0.39 is 5.97 Å². The molecule has 1 spiro atoms. The number of anilines is 1. The number of aromatic carboxylic acids is 1. The number of amides is 1. The largest absolute Gasteiger partial charge is 0.476 e. The highest BCUT2D eigenvalue weighted by atomic mass is 35.5. The molecule has 0 atom stereocenters. The molecule has 2 aromatic rings. The fourth-order valence-electron chi connectivity index (χ4n) is 5.62. The number of hydrogen-bond donors (Lipinski definition) is 1. The Balaban J connectivity index is 1.20. The molecule has 8 nitrogen and oxygen atoms in total. The van der Waals surface area contributed by atoms with Crippen LogP contribution in [0, 0.1) is 5.41 Å². The molecular formula is C24H30ClN5O3. The predicted molar refractivity (Wildman–Crippen MR) is 126 cm³/mol. The van der Waals surface area contributed by atoms with Crippen molar-refractivity contribution in [3.63, 3.8) is 0 Å². The molecule has 0 radical (unpaired) electrons. The van der Waals surface area contributed by atoms with E-state index in [-0.39, 0.29) is 17.1 Å². The Morgan fingerprint density at radius 1 is 1.03 bits per heavy atom. The van der Waals surface area contributed by atoms with E-state index >= 15 is 0 Å². The monoisotopic (exact) mass is 471 g/mol. The van der Waals surface area contributed by atoms with Crippen LogP contribution in [0.15, 0.2) is 30.5 Å². The molecule has 33 heavy (non-hydrogen) atoms. The number of carboxylic acids is 1. The van der Waals surface area contributed by atoms with Crippen LogP contribution < -0.4 is 4.90 Å². The van der Waals surface area contributed by atoms with Crippen molar-refractivity contribution < 1.29 is 14.7 Å². The number of benzene rings is 1. The smallest absolute Gasteiger partial charge is 0.356 e. The number of piperidine rings is 1. The molecule has 1 amide bonds. The first-order valence-corrected chi connectivity index (χ1v) is 12.1. The first-order chi connectivity index (χ1) is 15.9. The van der Waals surface area contributed by atoms with Gasteiger partial charge in [-0.1, -0.05) is 11.6 Å². The molecule has 3 saturated heterocycles. The van der Waals surface area contributed by atoms with Gasteiger partial charge in [0.1, 0.15) is 0 Å². The standard InChI is InChI=1S/C24H30ClN5O3/c25-19-3-4-21(28-9-1-2-10-28)18(15-19)16-27-12-6-24(17-27)7-13-29(14-8-24)23(33)30-11-5-20(26-30)22(31)32/h3-5,11,15H,1-2,6-10,12-14,16-17H2,(H,31,32). The summed E-state index contributed by atoms with van der Waals surface area (Å²) >= 11 is 6.35. The molecule has 5 rings (SSSR count). The minimum atomic E-state index is -1.13. The predicted octanol–water partition coefficient (Wildman–Crippen LogP) is 3.79. The van der Waals surface area contributed by atoms with Crippen molar-refractivity contribution in [2.75, 3.05) is 44.2 Å². The third-order valence-corrected chi connectivity index (χ3v) is 7.73. The second-order valence-corrected chi connectivity index (χ2v) is 10.1. The van der Waals surface area contributed by atoms with Crippen molar-refractivity contribution >= 4 is 29.3 Å². The maximum absolute atomic E-state index is 12.7. The van der Waals surface area contributed by atoms with Gasteiger partial charge in [-0.25, -0.2) is 9.59 Å². The summed E-state index contributed by atoms with van der Waals surface area (Å²) in [5.41, 5.74) is 2.75. The highest BCUT2D eigenvalue weighted by Gasteiger charge is 2.41. The Kier molecular flexibility index (Phi) is 6.05. The number of aromatic nitrogens is 2. The van der Waals surface area contributed by atoms with E-state index in [9.17, 15) is 9.59 Å². The zero-order chi connectivity index (χ0) is 23.0. The van der Waals surface area contributed by atoms with Crippen LogP contribution in [0.4, 0.5) is 10.5 Å². The van der Waals surface area contributed by atoms with Crippen molar-refractivity contribution in [2.24, 2.45) is 5.41 Å². The number of rotatable bonds is 4. The van der Waals surface area contributed by atoms with Crippen LogP contribution in [0.25, 0.3) is 0 Å². The summed E-state index contributed by atoms with van der Waals surface area (Å²) in [5.74, 6) is -1.13. The molecule has 1 N–H and O–H groups in total. The maximum atomic E-state index is 12.7. The van der Waals surface area contributed by atoms with Gasteiger partial charge in [-0.3, -0.25) is 4.90 Å². The Morgan fingerprint density at radius 2 is 1.76 bits per heavy atom. The number of halogens is 1. The topological polar surface area (TPSA) is 81.9 Å². The lowest BCUT2D eigenvalue weighted by molar-refractivity contribution is 0.0689. The van der Waals surface area contributed by atoms with Gasteiger partial charge in [0.25, 0.3) is 0 Å². The summed E-state index contributed by atoms with van der Waals surface area (Å²) in [6.07, 6.45) is 6.98. The molecule has 3 fully saturated rings. The summed E-state index contributed by atoms with van der Waals surface area (Å²) in [7, 11) is 0. The summed E-state index contributed by atoms with van der Waals surface area (Å²) in [6.45, 7) is 6.57. The van der Waals surface area contributed by atoms with Crippen LogP contribution in [0.2, 0.25) is 5.02 Å². The molecular weight excluding hydrogens is 442 g/mol. The van der Waals surface area contributed by atoms with E-state index in [2.05, 4.69) is 27.0 Å². The van der Waals surface area contributed by atoms with E-state index in [4.69, 9.17) is 16.7 Å². The quantitative estimate of drug-likeness (QED) is 0.730. The van der Waals surface area contributed by atoms with Gasteiger partial charge < -0.3 is 14.9 Å². The highest BCUT2D eigenvalue weighted by Crippen LogP contribution is 2.41. The summed E-state index contributed by atoms with van der Waals surface area (Å²) in [5, 5.41) is 13.7. The zero-order valence-corrected chi connectivity index (χ0v) is 19.5. The average molecular weight is 472 g/mol. The first-order valence-electron chi connectivity index (χ1n) is 11.8. The number of carbonyl (C=O) groups is 2. The van der Waals surface area contributed by atoms with E-state index in [1.165, 1.54) is 36.4 Å². The summed E-state index contributed by atoms with van der Waals surface area (Å²) < 4.78 is 1.14. The van der Waals surface area contributed by atoms with Crippen LogP contribution in [-0.4, -0.2) is 76.0 Å². The van der Waals surface area contributed by atoms with Crippen molar-refractivity contribution in [2.45, 2.75) is 38.6 Å². The zero-order valence-electron chi connectivity index (χ0n) is 18.7. The lowest BCUT2D eigenvalue weighted by atomic mass is 9.78. The van der Waals surface area contributed by atoms with E-state index in [0.29, 0.717) is 13.1 Å². The molecule has 1 aromatic carbocycles. The van der Waals surface area contributed by atoms with Gasteiger partial charge in [0.15, 0.2) is 5.69 Å². The lowest BCUT2D eigenvalue weighted by Crippen LogP contribution is -2.45. The molecule has 1 aromatic heterocycles. The number of carboxylic acid groups (broad SMARTS) is 1. The molecule has 0 unspecified atom stereocenters. The number of carbonyl (C=O) groups excluding carboxylic acids is 1. The van der Waals surface area contributed by atoms with Gasteiger partial charge in [0.05, 0.1) is 0 Å². The Bertz CT molecular complexity index is 1040. The van der Waals surface area contributed by atoms with Crippen LogP contribution in [0.5, 0.6) is 0 Å². The number of nitrogens with zero attached hydrogens (tertiary/aromatic N) is 5. The lowest BCUT2D eigenvalue weighted by Gasteiger charge is -2.39. The van der Waals surface area contributed by atoms with Gasteiger partial charge in [-0.15, -0.1) is 0 Å². The van der Waals surface area contributed by atoms with Crippen molar-refractivity contribution in [1.29, 1.82) is 0 Å². The van der Waals surface area contributed by atoms with Crippen LogP contribution in [-0.2, 0) is 6.54 Å². The van der Waals surface area contributed by atoms with Gasteiger partial charge in [0, 0.05) is 56.2 Å². The molecule has 0 aliphatic carbocycles. The summed E-state index contributed by atoms with van der Waals surface area (Å²) in [4.78, 5) is 30.6. The molecule has 3 aliphatic heterocycles. The minimum Gasteiger partial charge on any atom is -0.476 e. The third-order valence-electron chi connectivity index (χ3n) is 7.50. The van der Waals surface area contributed by atoms with Gasteiger partial charge in [-0.2, -0.15) is 9.78 Å². The maximum Gasteiger partial charge on any atom is 0.356 e. The summed E-state index contributed by atoms with van der Waals surface area (Å²) in [6, 6.07) is 7.39. The second kappa shape index (κ2) is 8.99. The number of likely N-dealkylation sites (tertiary alicyclic amines) is 2. The Morgan fingerprint density at radius 3 is 2.45 bits per heavy atom. The fraction of sp³-hybridized carbons (Fsp3) is 0.542. The number of hydrogen-bond acceptors (Lipinski definition) is 5. The van der Waals surface area contributed by atoms with Crippen molar-refractivity contribution in [3.8, 4) is 0 Å². The fourth-order valence-corrected chi connectivity index (χ4v) is 5.82. The Hall–Kier alpha value is -2.58. The molecule has 176 valence electrons. The third kappa shape index (κ3) is 4.59. The van der Waals surface area contributed by atoms with Crippen LogP contribution in [0.1, 0.15) is 48.2 Å². The van der Waals surface area contributed by atoms with Gasteiger partial charge in [-0.05, 0) is 73.9 Å². The van der Waals surface area contributed by atoms with E-state index in [1.807, 2.05) is 6.07 Å².